The Labute approximate surface area is 138 Å². The van der Waals surface area contributed by atoms with Crippen LogP contribution in [0.1, 0.15) is 32.1 Å². The van der Waals surface area contributed by atoms with Gasteiger partial charge in [-0.25, -0.2) is 8.42 Å². The molecule has 5 nitrogen and oxygen atoms in total. The number of anilines is 2. The molecule has 1 aromatic carbocycles. The minimum atomic E-state index is -3.02. The number of hydrogen-bond acceptors (Lipinski definition) is 4. The summed E-state index contributed by atoms with van der Waals surface area (Å²) >= 11 is 0. The quantitative estimate of drug-likeness (QED) is 0.921. The molecule has 0 unspecified atom stereocenters. The highest BCUT2D eigenvalue weighted by atomic mass is 32.2. The maximum absolute atomic E-state index is 12.1. The highest BCUT2D eigenvalue weighted by Crippen LogP contribution is 2.23. The Morgan fingerprint density at radius 1 is 1.04 bits per heavy atom. The SMILES string of the molecule is O=C(Nc1ccc(N2CCCCCC2)cc1)[C@H]1CCS(=O)(=O)C1. The summed E-state index contributed by atoms with van der Waals surface area (Å²) < 4.78 is 22.9. The van der Waals surface area contributed by atoms with E-state index in [2.05, 4.69) is 10.2 Å². The molecule has 6 heteroatoms. The Morgan fingerprint density at radius 3 is 2.26 bits per heavy atom. The summed E-state index contributed by atoms with van der Waals surface area (Å²) in [6, 6.07) is 7.88. The molecule has 0 radical (unpaired) electrons. The number of carbonyl (C=O) groups excluding carboxylic acids is 1. The van der Waals surface area contributed by atoms with E-state index < -0.39 is 15.8 Å². The molecule has 2 aliphatic rings. The third kappa shape index (κ3) is 4.25. The molecule has 2 heterocycles. The third-order valence-electron chi connectivity index (χ3n) is 4.71. The van der Waals surface area contributed by atoms with Crippen molar-refractivity contribution in [1.29, 1.82) is 0 Å². The van der Waals surface area contributed by atoms with E-state index in [1.165, 1.54) is 31.4 Å². The molecule has 23 heavy (non-hydrogen) atoms. The van der Waals surface area contributed by atoms with E-state index in [4.69, 9.17) is 0 Å². The fourth-order valence-electron chi connectivity index (χ4n) is 3.33. The summed E-state index contributed by atoms with van der Waals surface area (Å²) in [5.74, 6) is -0.497. The molecule has 0 bridgehead atoms. The molecule has 126 valence electrons. The average molecular weight is 336 g/mol. The zero-order valence-electron chi connectivity index (χ0n) is 13.3. The lowest BCUT2D eigenvalue weighted by molar-refractivity contribution is -0.119. The Kier molecular flexibility index (Phi) is 4.90. The molecule has 0 saturated carbocycles. The zero-order chi connectivity index (χ0) is 16.3. The van der Waals surface area contributed by atoms with Gasteiger partial charge in [0.25, 0.3) is 0 Å². The van der Waals surface area contributed by atoms with Gasteiger partial charge in [-0.15, -0.1) is 0 Å². The first-order chi connectivity index (χ1) is 11.0. The summed E-state index contributed by atoms with van der Waals surface area (Å²) in [4.78, 5) is 14.5. The molecular formula is C17H24N2O3S. The van der Waals surface area contributed by atoms with E-state index in [1.807, 2.05) is 24.3 Å². The van der Waals surface area contributed by atoms with Gasteiger partial charge in [-0.1, -0.05) is 12.8 Å². The number of sulfone groups is 1. The highest BCUT2D eigenvalue weighted by molar-refractivity contribution is 7.91. The third-order valence-corrected chi connectivity index (χ3v) is 6.48. The average Bonchev–Trinajstić information content (AvgIpc) is 2.75. The molecular weight excluding hydrogens is 312 g/mol. The Morgan fingerprint density at radius 2 is 1.70 bits per heavy atom. The van der Waals surface area contributed by atoms with Gasteiger partial charge in [0.05, 0.1) is 17.4 Å². The molecule has 1 N–H and O–H groups in total. The number of carbonyl (C=O) groups is 1. The monoisotopic (exact) mass is 336 g/mol. The number of amides is 1. The number of benzene rings is 1. The maximum Gasteiger partial charge on any atom is 0.228 e. The topological polar surface area (TPSA) is 66.5 Å². The number of nitrogens with zero attached hydrogens (tertiary/aromatic N) is 1. The molecule has 0 aromatic heterocycles. The smallest absolute Gasteiger partial charge is 0.228 e. The largest absolute Gasteiger partial charge is 0.372 e. The van der Waals surface area contributed by atoms with Crippen LogP contribution in [0.4, 0.5) is 11.4 Å². The van der Waals surface area contributed by atoms with E-state index in [9.17, 15) is 13.2 Å². The van der Waals surface area contributed by atoms with E-state index >= 15 is 0 Å². The van der Waals surface area contributed by atoms with Crippen molar-refractivity contribution >= 4 is 27.1 Å². The van der Waals surface area contributed by atoms with E-state index in [0.717, 1.165) is 18.8 Å². The molecule has 0 aliphatic carbocycles. The molecule has 1 amide bonds. The predicted molar refractivity (Wildman–Crippen MR) is 92.5 cm³/mol. The van der Waals surface area contributed by atoms with Crippen molar-refractivity contribution < 1.29 is 13.2 Å². The second-order valence-electron chi connectivity index (χ2n) is 6.54. The minimum Gasteiger partial charge on any atom is -0.372 e. The van der Waals surface area contributed by atoms with Gasteiger partial charge in [0.2, 0.25) is 5.91 Å². The molecule has 0 spiro atoms. The van der Waals surface area contributed by atoms with Crippen molar-refractivity contribution in [2.45, 2.75) is 32.1 Å². The fourth-order valence-corrected chi connectivity index (χ4v) is 5.07. The summed E-state index contributed by atoms with van der Waals surface area (Å²) in [6.45, 7) is 2.18. The van der Waals surface area contributed by atoms with Crippen molar-refractivity contribution in [3.63, 3.8) is 0 Å². The van der Waals surface area contributed by atoms with Crippen LogP contribution in [0.2, 0.25) is 0 Å². The van der Waals surface area contributed by atoms with Gasteiger partial charge in [-0.2, -0.15) is 0 Å². The summed E-state index contributed by atoms with van der Waals surface area (Å²) in [5, 5.41) is 2.84. The van der Waals surface area contributed by atoms with Crippen molar-refractivity contribution in [2.24, 2.45) is 5.92 Å². The van der Waals surface area contributed by atoms with Crippen molar-refractivity contribution in [3.8, 4) is 0 Å². The van der Waals surface area contributed by atoms with Crippen molar-refractivity contribution in [2.75, 3.05) is 34.8 Å². The van der Waals surface area contributed by atoms with Gasteiger partial charge in [-0.3, -0.25) is 4.79 Å². The van der Waals surface area contributed by atoms with Crippen LogP contribution >= 0.6 is 0 Å². The second-order valence-corrected chi connectivity index (χ2v) is 8.77. The predicted octanol–water partition coefficient (Wildman–Crippen LogP) is 2.44. The number of hydrogen-bond donors (Lipinski definition) is 1. The lowest BCUT2D eigenvalue weighted by Crippen LogP contribution is -2.24. The van der Waals surface area contributed by atoms with Crippen LogP contribution < -0.4 is 10.2 Å². The fraction of sp³-hybridized carbons (Fsp3) is 0.588. The van der Waals surface area contributed by atoms with Crippen molar-refractivity contribution in [1.82, 2.24) is 0 Å². The van der Waals surface area contributed by atoms with Crippen LogP contribution in [-0.4, -0.2) is 38.9 Å². The number of nitrogens with one attached hydrogen (secondary N) is 1. The van der Waals surface area contributed by atoms with Gasteiger partial charge < -0.3 is 10.2 Å². The second kappa shape index (κ2) is 6.91. The van der Waals surface area contributed by atoms with Crippen LogP contribution in [-0.2, 0) is 14.6 Å². The number of rotatable bonds is 3. The lowest BCUT2D eigenvalue weighted by Gasteiger charge is -2.23. The van der Waals surface area contributed by atoms with E-state index in [-0.39, 0.29) is 17.4 Å². The first-order valence-electron chi connectivity index (χ1n) is 8.40. The molecule has 2 saturated heterocycles. The van der Waals surface area contributed by atoms with Crippen LogP contribution in [0.15, 0.2) is 24.3 Å². The first kappa shape index (κ1) is 16.3. The lowest BCUT2D eigenvalue weighted by atomic mass is 10.1. The van der Waals surface area contributed by atoms with Gasteiger partial charge in [-0.05, 0) is 43.5 Å². The van der Waals surface area contributed by atoms with Gasteiger partial charge in [0.15, 0.2) is 9.84 Å². The Balaban J connectivity index is 1.60. The zero-order valence-corrected chi connectivity index (χ0v) is 14.1. The molecule has 2 fully saturated rings. The summed E-state index contributed by atoms with van der Waals surface area (Å²) in [5.41, 5.74) is 1.92. The Bertz CT molecular complexity index is 647. The molecule has 1 atom stereocenters. The van der Waals surface area contributed by atoms with Crippen LogP contribution in [0.3, 0.4) is 0 Å². The Hall–Kier alpha value is -1.56. The summed E-state index contributed by atoms with van der Waals surface area (Å²) in [7, 11) is -3.02. The van der Waals surface area contributed by atoms with E-state index in [0.29, 0.717) is 6.42 Å². The highest BCUT2D eigenvalue weighted by Gasteiger charge is 2.32. The van der Waals surface area contributed by atoms with E-state index in [1.54, 1.807) is 0 Å². The minimum absolute atomic E-state index is 0.0231. The van der Waals surface area contributed by atoms with Crippen LogP contribution in [0.5, 0.6) is 0 Å². The first-order valence-corrected chi connectivity index (χ1v) is 10.2. The van der Waals surface area contributed by atoms with Crippen LogP contribution in [0, 0.1) is 5.92 Å². The molecule has 1 aromatic rings. The van der Waals surface area contributed by atoms with Gasteiger partial charge in [0.1, 0.15) is 0 Å². The molecule has 3 rings (SSSR count). The van der Waals surface area contributed by atoms with Crippen molar-refractivity contribution in [3.05, 3.63) is 24.3 Å². The maximum atomic E-state index is 12.1. The van der Waals surface area contributed by atoms with Gasteiger partial charge in [0, 0.05) is 24.5 Å². The molecule has 2 aliphatic heterocycles. The van der Waals surface area contributed by atoms with Crippen LogP contribution in [0.25, 0.3) is 0 Å². The summed E-state index contributed by atoms with van der Waals surface area (Å²) in [6.07, 6.45) is 5.49. The van der Waals surface area contributed by atoms with Gasteiger partial charge >= 0.3 is 0 Å². The standard InChI is InChI=1S/C17H24N2O3S/c20-17(14-9-12-23(21,22)13-14)18-15-5-7-16(8-6-15)19-10-3-1-2-4-11-19/h5-8,14H,1-4,9-13H2,(H,18,20)/t14-/m0/s1. The normalized spacial score (nSPS) is 24.2.